The van der Waals surface area contributed by atoms with Gasteiger partial charge in [-0.05, 0) is 50.1 Å². The van der Waals surface area contributed by atoms with E-state index >= 15 is 0 Å². The van der Waals surface area contributed by atoms with Crippen LogP contribution >= 0.6 is 11.8 Å². The molecule has 0 fully saturated rings. The fourth-order valence-corrected chi connectivity index (χ4v) is 2.88. The molecule has 2 aromatic carbocycles. The molecular weight excluding hydrogens is 271 g/mol. The summed E-state index contributed by atoms with van der Waals surface area (Å²) in [6, 6.07) is 12.2. The number of rotatable bonds is 4. The molecule has 0 aliphatic heterocycles. The first-order chi connectivity index (χ1) is 9.49. The Bertz CT molecular complexity index is 637. The summed E-state index contributed by atoms with van der Waals surface area (Å²) >= 11 is 1.26. The van der Waals surface area contributed by atoms with Crippen molar-refractivity contribution in [3.63, 3.8) is 0 Å². The first kappa shape index (κ1) is 14.8. The smallest absolute Gasteiger partial charge is 0.175 e. The third kappa shape index (κ3) is 3.28. The molecule has 0 bridgehead atoms. The van der Waals surface area contributed by atoms with Crippen LogP contribution in [0.25, 0.3) is 0 Å². The van der Waals surface area contributed by atoms with E-state index in [9.17, 15) is 9.18 Å². The Hall–Kier alpha value is -1.61. The van der Waals surface area contributed by atoms with Gasteiger partial charge in [0.25, 0.3) is 0 Å². The molecule has 104 valence electrons. The number of halogens is 1. The highest BCUT2D eigenvalue weighted by atomic mass is 32.2. The Labute approximate surface area is 123 Å². The van der Waals surface area contributed by atoms with E-state index in [1.165, 1.54) is 17.8 Å². The van der Waals surface area contributed by atoms with Crippen molar-refractivity contribution < 1.29 is 9.18 Å². The number of thioether (sulfide) groups is 1. The van der Waals surface area contributed by atoms with Gasteiger partial charge in [-0.1, -0.05) is 24.3 Å². The number of aryl methyl sites for hydroxylation is 2. The van der Waals surface area contributed by atoms with E-state index in [2.05, 4.69) is 0 Å². The zero-order valence-corrected chi connectivity index (χ0v) is 12.6. The predicted octanol–water partition coefficient (Wildman–Crippen LogP) is 4.81. The second kappa shape index (κ2) is 6.23. The van der Waals surface area contributed by atoms with Gasteiger partial charge in [-0.25, -0.2) is 4.39 Å². The number of benzene rings is 2. The lowest BCUT2D eigenvalue weighted by Crippen LogP contribution is -2.14. The van der Waals surface area contributed by atoms with Crippen LogP contribution in [0.2, 0.25) is 0 Å². The molecule has 0 amide bonds. The van der Waals surface area contributed by atoms with Crippen molar-refractivity contribution >= 4 is 17.5 Å². The van der Waals surface area contributed by atoms with Gasteiger partial charge in [0.1, 0.15) is 5.82 Å². The molecule has 0 saturated carbocycles. The molecule has 2 aromatic rings. The molecule has 0 N–H and O–H groups in total. The van der Waals surface area contributed by atoms with Gasteiger partial charge in [0.2, 0.25) is 0 Å². The molecule has 1 unspecified atom stereocenters. The number of carbonyl (C=O) groups is 1. The Morgan fingerprint density at radius 2 is 1.80 bits per heavy atom. The van der Waals surface area contributed by atoms with Crippen LogP contribution in [-0.2, 0) is 0 Å². The molecule has 0 radical (unpaired) electrons. The van der Waals surface area contributed by atoms with Crippen LogP contribution in [0.15, 0.2) is 47.4 Å². The molecule has 0 heterocycles. The minimum atomic E-state index is -0.311. The van der Waals surface area contributed by atoms with Gasteiger partial charge < -0.3 is 0 Å². The molecule has 2 rings (SSSR count). The van der Waals surface area contributed by atoms with E-state index in [4.69, 9.17) is 0 Å². The average Bonchev–Trinajstić information content (AvgIpc) is 2.43. The van der Waals surface area contributed by atoms with E-state index in [1.54, 1.807) is 18.2 Å². The third-order valence-electron chi connectivity index (χ3n) is 3.30. The summed E-state index contributed by atoms with van der Waals surface area (Å²) in [4.78, 5) is 12.9. The Kier molecular flexibility index (Phi) is 4.61. The maximum Gasteiger partial charge on any atom is 0.175 e. The van der Waals surface area contributed by atoms with Gasteiger partial charge in [0, 0.05) is 10.5 Å². The van der Waals surface area contributed by atoms with Gasteiger partial charge in [-0.15, -0.1) is 11.8 Å². The van der Waals surface area contributed by atoms with E-state index in [0.717, 1.165) is 11.1 Å². The zero-order valence-electron chi connectivity index (χ0n) is 11.8. The monoisotopic (exact) mass is 288 g/mol. The quantitative estimate of drug-likeness (QED) is 0.593. The van der Waals surface area contributed by atoms with E-state index < -0.39 is 0 Å². The highest BCUT2D eigenvalue weighted by Gasteiger charge is 2.18. The summed E-state index contributed by atoms with van der Waals surface area (Å²) in [6.45, 7) is 5.82. The summed E-state index contributed by atoms with van der Waals surface area (Å²) < 4.78 is 13.6. The van der Waals surface area contributed by atoms with Crippen molar-refractivity contribution in [1.29, 1.82) is 0 Å². The van der Waals surface area contributed by atoms with Crippen molar-refractivity contribution in [3.05, 3.63) is 65.0 Å². The minimum Gasteiger partial charge on any atom is -0.293 e. The van der Waals surface area contributed by atoms with Crippen molar-refractivity contribution in [3.8, 4) is 0 Å². The van der Waals surface area contributed by atoms with Crippen molar-refractivity contribution in [2.75, 3.05) is 0 Å². The fraction of sp³-hybridized carbons (Fsp3) is 0.235. The topological polar surface area (TPSA) is 17.1 Å². The highest BCUT2D eigenvalue weighted by Crippen LogP contribution is 2.28. The summed E-state index contributed by atoms with van der Waals surface area (Å²) in [5.41, 5.74) is 2.94. The predicted molar refractivity (Wildman–Crippen MR) is 82.0 cm³/mol. The Balaban J connectivity index is 2.16. The molecule has 0 aliphatic rings. The largest absolute Gasteiger partial charge is 0.293 e. The van der Waals surface area contributed by atoms with Gasteiger partial charge >= 0.3 is 0 Å². The SMILES string of the molecule is Cc1ccc(C(=O)C(C)Sc2ccccc2F)cc1C. The van der Waals surface area contributed by atoms with Gasteiger partial charge in [-0.2, -0.15) is 0 Å². The van der Waals surface area contributed by atoms with Crippen LogP contribution in [-0.4, -0.2) is 11.0 Å². The van der Waals surface area contributed by atoms with Crippen LogP contribution in [0.3, 0.4) is 0 Å². The van der Waals surface area contributed by atoms with Crippen LogP contribution in [0.1, 0.15) is 28.4 Å². The molecule has 0 aromatic heterocycles. The number of Topliss-reactive ketones (excluding diaryl/α,β-unsaturated/α-hetero) is 1. The minimum absolute atomic E-state index is 0.0290. The van der Waals surface area contributed by atoms with Crippen LogP contribution < -0.4 is 0 Å². The third-order valence-corrected chi connectivity index (χ3v) is 4.45. The Morgan fingerprint density at radius 3 is 2.45 bits per heavy atom. The fourth-order valence-electron chi connectivity index (χ4n) is 1.91. The van der Waals surface area contributed by atoms with Gasteiger partial charge in [-0.3, -0.25) is 4.79 Å². The van der Waals surface area contributed by atoms with Crippen molar-refractivity contribution in [1.82, 2.24) is 0 Å². The van der Waals surface area contributed by atoms with Gasteiger partial charge in [0.15, 0.2) is 5.78 Å². The van der Waals surface area contributed by atoms with Crippen LogP contribution in [0, 0.1) is 19.7 Å². The van der Waals surface area contributed by atoms with Crippen molar-refractivity contribution in [2.45, 2.75) is 30.9 Å². The van der Waals surface area contributed by atoms with E-state index in [-0.39, 0.29) is 16.9 Å². The standard InChI is InChI=1S/C17H17FOS/c1-11-8-9-14(10-12(11)2)17(19)13(3)20-16-7-5-4-6-15(16)18/h4-10,13H,1-3H3. The van der Waals surface area contributed by atoms with Crippen LogP contribution in [0.5, 0.6) is 0 Å². The highest BCUT2D eigenvalue weighted by molar-refractivity contribution is 8.00. The Morgan fingerprint density at radius 1 is 1.10 bits per heavy atom. The lowest BCUT2D eigenvalue weighted by molar-refractivity contribution is 0.0994. The maximum atomic E-state index is 13.6. The second-order valence-electron chi connectivity index (χ2n) is 4.85. The molecule has 1 nitrogen and oxygen atoms in total. The summed E-state index contributed by atoms with van der Waals surface area (Å²) in [7, 11) is 0. The molecule has 3 heteroatoms. The number of ketones is 1. The van der Waals surface area contributed by atoms with E-state index in [0.29, 0.717) is 10.5 Å². The van der Waals surface area contributed by atoms with Crippen LogP contribution in [0.4, 0.5) is 4.39 Å². The first-order valence-electron chi connectivity index (χ1n) is 6.51. The van der Waals surface area contributed by atoms with Gasteiger partial charge in [0.05, 0.1) is 5.25 Å². The summed E-state index contributed by atoms with van der Waals surface area (Å²) in [6.07, 6.45) is 0. The number of carbonyl (C=O) groups excluding carboxylic acids is 1. The molecular formula is C17H17FOS. The average molecular weight is 288 g/mol. The molecule has 0 spiro atoms. The van der Waals surface area contributed by atoms with Crippen molar-refractivity contribution in [2.24, 2.45) is 0 Å². The normalized spacial score (nSPS) is 12.2. The molecule has 0 saturated heterocycles. The molecule has 1 atom stereocenters. The number of hydrogen-bond acceptors (Lipinski definition) is 2. The number of hydrogen-bond donors (Lipinski definition) is 0. The maximum absolute atomic E-state index is 13.6. The summed E-state index contributed by atoms with van der Waals surface area (Å²) in [5.74, 6) is -0.251. The van der Waals surface area contributed by atoms with E-state index in [1.807, 2.05) is 39.0 Å². The first-order valence-corrected chi connectivity index (χ1v) is 7.39. The molecule has 20 heavy (non-hydrogen) atoms. The zero-order chi connectivity index (χ0) is 14.7. The second-order valence-corrected chi connectivity index (χ2v) is 6.24. The summed E-state index contributed by atoms with van der Waals surface area (Å²) in [5, 5.41) is -0.311. The lowest BCUT2D eigenvalue weighted by Gasteiger charge is -2.12. The lowest BCUT2D eigenvalue weighted by atomic mass is 10.0. The molecule has 0 aliphatic carbocycles.